The van der Waals surface area contributed by atoms with Crippen molar-refractivity contribution in [2.24, 2.45) is 0 Å². The van der Waals surface area contributed by atoms with E-state index in [0.717, 1.165) is 12.8 Å². The highest BCUT2D eigenvalue weighted by Gasteiger charge is 2.26. The van der Waals surface area contributed by atoms with E-state index in [1.165, 1.54) is 18.2 Å². The Morgan fingerprint density at radius 2 is 2.24 bits per heavy atom. The lowest BCUT2D eigenvalue weighted by Crippen LogP contribution is -2.34. The second kappa shape index (κ2) is 4.64. The first-order valence-electron chi connectivity index (χ1n) is 5.34. The first kappa shape index (κ1) is 12.3. The maximum Gasteiger partial charge on any atom is 0.176 e. The molecule has 1 aliphatic rings. The van der Waals surface area contributed by atoms with Crippen LogP contribution in [0.5, 0.6) is 5.75 Å². The molecule has 1 unspecified atom stereocenters. The maximum atomic E-state index is 11.7. The molecule has 17 heavy (non-hydrogen) atoms. The van der Waals surface area contributed by atoms with Crippen LogP contribution < -0.4 is 5.32 Å². The zero-order valence-electron chi connectivity index (χ0n) is 9.51. The Kier molecular flexibility index (Phi) is 3.37. The Labute approximate surface area is 100 Å². The van der Waals surface area contributed by atoms with Gasteiger partial charge in [0.15, 0.2) is 9.84 Å². The van der Waals surface area contributed by atoms with Crippen molar-refractivity contribution in [1.29, 1.82) is 0 Å². The lowest BCUT2D eigenvalue weighted by Gasteiger charge is -2.26. The smallest absolute Gasteiger partial charge is 0.176 e. The summed E-state index contributed by atoms with van der Waals surface area (Å²) in [6.07, 6.45) is 0.705. The van der Waals surface area contributed by atoms with Crippen LogP contribution >= 0.6 is 0 Å². The summed E-state index contributed by atoms with van der Waals surface area (Å²) in [4.78, 5) is 0.131. The number of ether oxygens (including phenoxy) is 1. The number of morpholine rings is 1. The predicted molar refractivity (Wildman–Crippen MR) is 62.8 cm³/mol. The van der Waals surface area contributed by atoms with Crippen molar-refractivity contribution in [2.75, 3.05) is 26.0 Å². The molecule has 0 amide bonds. The highest BCUT2D eigenvalue weighted by Crippen LogP contribution is 2.33. The van der Waals surface area contributed by atoms with E-state index in [1.807, 2.05) is 0 Å². The fourth-order valence-electron chi connectivity index (χ4n) is 1.93. The van der Waals surface area contributed by atoms with E-state index >= 15 is 0 Å². The summed E-state index contributed by atoms with van der Waals surface area (Å²) in [5, 5.41) is 12.9. The van der Waals surface area contributed by atoms with Gasteiger partial charge in [0.1, 0.15) is 5.75 Å². The lowest BCUT2D eigenvalue weighted by atomic mass is 10.1. The van der Waals surface area contributed by atoms with Crippen LogP contribution in [0.15, 0.2) is 23.1 Å². The number of phenols is 1. The van der Waals surface area contributed by atoms with Crippen LogP contribution in [-0.2, 0) is 14.6 Å². The molecule has 1 aromatic rings. The standard InChI is InChI=1S/C11H15NO4S/c1-17(14,15)10-4-2-3-8(13)11(10)9-7-12-5-6-16-9/h2-4,9,12-13H,5-7H2,1H3. The largest absolute Gasteiger partial charge is 0.508 e. The number of nitrogens with one attached hydrogen (secondary N) is 1. The third kappa shape index (κ3) is 2.59. The van der Waals surface area contributed by atoms with Crippen LogP contribution in [-0.4, -0.2) is 39.5 Å². The van der Waals surface area contributed by atoms with Crippen molar-refractivity contribution in [3.63, 3.8) is 0 Å². The third-order valence-electron chi connectivity index (χ3n) is 2.69. The highest BCUT2D eigenvalue weighted by molar-refractivity contribution is 7.90. The molecule has 94 valence electrons. The van der Waals surface area contributed by atoms with Crippen molar-refractivity contribution in [2.45, 2.75) is 11.0 Å². The maximum absolute atomic E-state index is 11.7. The van der Waals surface area contributed by atoms with Gasteiger partial charge in [0.2, 0.25) is 0 Å². The Hall–Kier alpha value is -1.11. The van der Waals surface area contributed by atoms with E-state index in [-0.39, 0.29) is 10.6 Å². The Morgan fingerprint density at radius 3 is 2.82 bits per heavy atom. The average molecular weight is 257 g/mol. The van der Waals surface area contributed by atoms with E-state index in [0.29, 0.717) is 18.7 Å². The van der Waals surface area contributed by atoms with E-state index in [2.05, 4.69) is 5.32 Å². The summed E-state index contributed by atoms with van der Waals surface area (Å²) < 4.78 is 28.8. The fourth-order valence-corrected chi connectivity index (χ4v) is 2.89. The summed E-state index contributed by atoms with van der Waals surface area (Å²) in [6.45, 7) is 1.74. The van der Waals surface area contributed by atoms with Crippen molar-refractivity contribution in [1.82, 2.24) is 5.32 Å². The molecule has 0 saturated carbocycles. The van der Waals surface area contributed by atoms with Crippen LogP contribution in [0.4, 0.5) is 0 Å². The molecule has 0 radical (unpaired) electrons. The minimum atomic E-state index is -3.37. The van der Waals surface area contributed by atoms with Gasteiger partial charge < -0.3 is 15.2 Å². The van der Waals surface area contributed by atoms with E-state index in [1.54, 1.807) is 0 Å². The van der Waals surface area contributed by atoms with Gasteiger partial charge in [-0.3, -0.25) is 0 Å². The Morgan fingerprint density at radius 1 is 1.47 bits per heavy atom. The number of benzene rings is 1. The first-order chi connectivity index (χ1) is 8.00. The molecule has 1 aliphatic heterocycles. The van der Waals surface area contributed by atoms with E-state index < -0.39 is 15.9 Å². The van der Waals surface area contributed by atoms with Gasteiger partial charge in [-0.05, 0) is 12.1 Å². The number of hydrogen-bond donors (Lipinski definition) is 2. The first-order valence-corrected chi connectivity index (χ1v) is 7.23. The quantitative estimate of drug-likeness (QED) is 0.805. The summed E-state index contributed by atoms with van der Waals surface area (Å²) in [5.74, 6) is -0.0402. The molecule has 1 heterocycles. The molecule has 2 N–H and O–H groups in total. The molecular formula is C11H15NO4S. The lowest BCUT2D eigenvalue weighted by molar-refractivity contribution is 0.0245. The SMILES string of the molecule is CS(=O)(=O)c1cccc(O)c1C1CNCCO1. The van der Waals surface area contributed by atoms with E-state index in [9.17, 15) is 13.5 Å². The van der Waals surface area contributed by atoms with Crippen molar-refractivity contribution in [3.8, 4) is 5.75 Å². The number of aromatic hydroxyl groups is 1. The number of rotatable bonds is 2. The van der Waals surface area contributed by atoms with Crippen molar-refractivity contribution < 1.29 is 18.3 Å². The van der Waals surface area contributed by atoms with Crippen LogP contribution in [0.3, 0.4) is 0 Å². The van der Waals surface area contributed by atoms with Gasteiger partial charge in [0, 0.05) is 24.9 Å². The van der Waals surface area contributed by atoms with E-state index in [4.69, 9.17) is 4.74 Å². The highest BCUT2D eigenvalue weighted by atomic mass is 32.2. The molecule has 1 fully saturated rings. The predicted octanol–water partition coefficient (Wildman–Crippen LogP) is 0.457. The minimum Gasteiger partial charge on any atom is -0.508 e. The Bertz CT molecular complexity index is 506. The fraction of sp³-hybridized carbons (Fsp3) is 0.455. The van der Waals surface area contributed by atoms with Gasteiger partial charge in [-0.25, -0.2) is 8.42 Å². The molecule has 6 heteroatoms. The van der Waals surface area contributed by atoms with Gasteiger partial charge in [-0.2, -0.15) is 0 Å². The van der Waals surface area contributed by atoms with Gasteiger partial charge in [-0.1, -0.05) is 6.07 Å². The zero-order valence-corrected chi connectivity index (χ0v) is 10.3. The molecule has 0 spiro atoms. The van der Waals surface area contributed by atoms with Crippen LogP contribution in [0.2, 0.25) is 0 Å². The summed E-state index contributed by atoms with van der Waals surface area (Å²) in [7, 11) is -3.37. The Balaban J connectivity index is 2.50. The number of hydrogen-bond acceptors (Lipinski definition) is 5. The average Bonchev–Trinajstić information content (AvgIpc) is 2.28. The van der Waals surface area contributed by atoms with Crippen LogP contribution in [0.1, 0.15) is 11.7 Å². The molecule has 1 saturated heterocycles. The zero-order chi connectivity index (χ0) is 12.5. The topological polar surface area (TPSA) is 75.6 Å². The molecule has 5 nitrogen and oxygen atoms in total. The monoisotopic (exact) mass is 257 g/mol. The molecule has 1 aromatic carbocycles. The van der Waals surface area contributed by atoms with Gasteiger partial charge >= 0.3 is 0 Å². The molecule has 0 bridgehead atoms. The number of sulfone groups is 1. The molecule has 2 rings (SSSR count). The normalized spacial score (nSPS) is 21.4. The molecule has 0 aromatic heterocycles. The van der Waals surface area contributed by atoms with Crippen LogP contribution in [0, 0.1) is 0 Å². The van der Waals surface area contributed by atoms with Gasteiger partial charge in [0.05, 0.1) is 17.6 Å². The minimum absolute atomic E-state index is 0.0402. The summed E-state index contributed by atoms with van der Waals surface area (Å²) in [6, 6.07) is 4.48. The van der Waals surface area contributed by atoms with Crippen LogP contribution in [0.25, 0.3) is 0 Å². The van der Waals surface area contributed by atoms with Crippen molar-refractivity contribution in [3.05, 3.63) is 23.8 Å². The second-order valence-corrected chi connectivity index (χ2v) is 6.01. The molecule has 0 aliphatic carbocycles. The molecule has 1 atom stereocenters. The summed E-state index contributed by atoms with van der Waals surface area (Å²) >= 11 is 0. The van der Waals surface area contributed by atoms with Gasteiger partial charge in [-0.15, -0.1) is 0 Å². The third-order valence-corrected chi connectivity index (χ3v) is 3.85. The van der Waals surface area contributed by atoms with Gasteiger partial charge in [0.25, 0.3) is 0 Å². The molecular weight excluding hydrogens is 242 g/mol. The van der Waals surface area contributed by atoms with Crippen molar-refractivity contribution >= 4 is 9.84 Å². The number of phenolic OH excluding ortho intramolecular Hbond substituents is 1. The second-order valence-electron chi connectivity index (χ2n) is 4.02. The summed E-state index contributed by atoms with van der Waals surface area (Å²) in [5.41, 5.74) is 0.349.